The Morgan fingerprint density at radius 3 is 2.59 bits per heavy atom. The quantitative estimate of drug-likeness (QED) is 0.850. The van der Waals surface area contributed by atoms with Gasteiger partial charge in [0.05, 0.1) is 6.33 Å². The van der Waals surface area contributed by atoms with Crippen LogP contribution in [-0.2, 0) is 6.54 Å². The van der Waals surface area contributed by atoms with Gasteiger partial charge in [0, 0.05) is 31.0 Å². The Labute approximate surface area is 105 Å². The maximum absolute atomic E-state index is 4.12. The molecule has 0 amide bonds. The topological polar surface area (TPSA) is 29.9 Å². The minimum absolute atomic E-state index is 0.271. The normalized spacial score (nSPS) is 20.2. The van der Waals surface area contributed by atoms with Crippen LogP contribution in [0.2, 0.25) is 0 Å². The first-order valence-electron chi connectivity index (χ1n) is 6.68. The van der Waals surface area contributed by atoms with Crippen molar-refractivity contribution in [2.75, 3.05) is 0 Å². The molecule has 1 aliphatic carbocycles. The van der Waals surface area contributed by atoms with Gasteiger partial charge in [0.1, 0.15) is 0 Å². The van der Waals surface area contributed by atoms with Crippen molar-refractivity contribution >= 4 is 0 Å². The molecule has 2 rings (SSSR count). The van der Waals surface area contributed by atoms with Crippen molar-refractivity contribution in [3.8, 4) is 0 Å². The molecule has 1 N–H and O–H groups in total. The van der Waals surface area contributed by atoms with Gasteiger partial charge in [-0.1, -0.05) is 20.8 Å². The van der Waals surface area contributed by atoms with Gasteiger partial charge in [0.15, 0.2) is 0 Å². The van der Waals surface area contributed by atoms with Gasteiger partial charge in [-0.2, -0.15) is 0 Å². The van der Waals surface area contributed by atoms with Crippen molar-refractivity contribution in [1.82, 2.24) is 14.9 Å². The van der Waals surface area contributed by atoms with Gasteiger partial charge < -0.3 is 9.88 Å². The molecule has 2 atom stereocenters. The minimum Gasteiger partial charge on any atom is -0.336 e. The number of hydrogen-bond donors (Lipinski definition) is 1. The molecule has 0 saturated heterocycles. The molecule has 1 fully saturated rings. The molecule has 1 heterocycles. The highest BCUT2D eigenvalue weighted by molar-refractivity contribution is 4.90. The third-order valence-corrected chi connectivity index (χ3v) is 3.79. The molecule has 0 spiro atoms. The average molecular weight is 235 g/mol. The van der Waals surface area contributed by atoms with Crippen LogP contribution < -0.4 is 5.32 Å². The maximum atomic E-state index is 4.12. The van der Waals surface area contributed by atoms with Gasteiger partial charge in [-0.3, -0.25) is 0 Å². The molecular formula is C14H25N3. The zero-order chi connectivity index (χ0) is 12.5. The molecule has 0 bridgehead atoms. The fraction of sp³-hybridized carbons (Fsp3) is 0.786. The van der Waals surface area contributed by atoms with Crippen LogP contribution in [0.15, 0.2) is 18.7 Å². The van der Waals surface area contributed by atoms with Crippen molar-refractivity contribution in [3.63, 3.8) is 0 Å². The van der Waals surface area contributed by atoms with E-state index in [2.05, 4.69) is 42.6 Å². The lowest BCUT2D eigenvalue weighted by Gasteiger charge is -2.34. The standard InChI is InChI=1S/C14H25N3/c1-11(12-5-6-12)16-13(14(2,3)4)9-17-8-7-15-10-17/h7-8,10-13,16H,5-6,9H2,1-4H3. The summed E-state index contributed by atoms with van der Waals surface area (Å²) in [5.41, 5.74) is 0.271. The first kappa shape index (κ1) is 12.6. The van der Waals surface area contributed by atoms with Gasteiger partial charge in [-0.15, -0.1) is 0 Å². The maximum Gasteiger partial charge on any atom is 0.0946 e. The molecule has 0 aliphatic heterocycles. The summed E-state index contributed by atoms with van der Waals surface area (Å²) in [6.07, 6.45) is 8.60. The SMILES string of the molecule is CC(NC(Cn1ccnc1)C(C)(C)C)C1CC1. The largest absolute Gasteiger partial charge is 0.336 e. The fourth-order valence-electron chi connectivity index (χ4n) is 2.23. The van der Waals surface area contributed by atoms with Crippen LogP contribution in [0.4, 0.5) is 0 Å². The lowest BCUT2D eigenvalue weighted by Crippen LogP contribution is -2.48. The second-order valence-corrected chi connectivity index (χ2v) is 6.47. The molecule has 0 radical (unpaired) electrons. The Kier molecular flexibility index (Phi) is 3.57. The smallest absolute Gasteiger partial charge is 0.0946 e. The van der Waals surface area contributed by atoms with Gasteiger partial charge in [-0.05, 0) is 31.1 Å². The molecule has 1 aromatic heterocycles. The average Bonchev–Trinajstić information content (AvgIpc) is 2.96. The second-order valence-electron chi connectivity index (χ2n) is 6.47. The van der Waals surface area contributed by atoms with E-state index in [1.807, 2.05) is 18.7 Å². The predicted molar refractivity (Wildman–Crippen MR) is 70.8 cm³/mol. The van der Waals surface area contributed by atoms with Crippen LogP contribution in [0, 0.1) is 11.3 Å². The van der Waals surface area contributed by atoms with Gasteiger partial charge in [0.2, 0.25) is 0 Å². The predicted octanol–water partition coefficient (Wildman–Crippen LogP) is 2.69. The van der Waals surface area contributed by atoms with E-state index in [1.54, 1.807) is 0 Å². The van der Waals surface area contributed by atoms with Crippen LogP contribution >= 0.6 is 0 Å². The Bertz CT molecular complexity index is 333. The van der Waals surface area contributed by atoms with Gasteiger partial charge in [-0.25, -0.2) is 4.98 Å². The van der Waals surface area contributed by atoms with E-state index < -0.39 is 0 Å². The van der Waals surface area contributed by atoms with Crippen molar-refractivity contribution in [2.24, 2.45) is 11.3 Å². The first-order valence-corrected chi connectivity index (χ1v) is 6.68. The zero-order valence-electron chi connectivity index (χ0n) is 11.5. The van der Waals surface area contributed by atoms with Crippen molar-refractivity contribution in [1.29, 1.82) is 0 Å². The molecule has 0 aromatic carbocycles. The lowest BCUT2D eigenvalue weighted by molar-refractivity contribution is 0.218. The molecule has 2 unspecified atom stereocenters. The van der Waals surface area contributed by atoms with E-state index in [9.17, 15) is 0 Å². The third kappa shape index (κ3) is 3.56. The Balaban J connectivity index is 1.97. The summed E-state index contributed by atoms with van der Waals surface area (Å²) < 4.78 is 2.17. The summed E-state index contributed by atoms with van der Waals surface area (Å²) >= 11 is 0. The van der Waals surface area contributed by atoms with E-state index in [1.165, 1.54) is 12.8 Å². The van der Waals surface area contributed by atoms with Crippen LogP contribution in [0.25, 0.3) is 0 Å². The summed E-state index contributed by atoms with van der Waals surface area (Å²) in [7, 11) is 0. The molecule has 3 nitrogen and oxygen atoms in total. The summed E-state index contributed by atoms with van der Waals surface area (Å²) in [6.45, 7) is 10.2. The molecule has 96 valence electrons. The highest BCUT2D eigenvalue weighted by Crippen LogP contribution is 2.33. The highest BCUT2D eigenvalue weighted by atomic mass is 15.1. The third-order valence-electron chi connectivity index (χ3n) is 3.79. The summed E-state index contributed by atoms with van der Waals surface area (Å²) in [5.74, 6) is 0.905. The Morgan fingerprint density at radius 1 is 1.41 bits per heavy atom. The Morgan fingerprint density at radius 2 is 2.12 bits per heavy atom. The molecule has 17 heavy (non-hydrogen) atoms. The number of rotatable bonds is 5. The van der Waals surface area contributed by atoms with E-state index in [-0.39, 0.29) is 5.41 Å². The van der Waals surface area contributed by atoms with Gasteiger partial charge in [0.25, 0.3) is 0 Å². The van der Waals surface area contributed by atoms with E-state index in [4.69, 9.17) is 0 Å². The van der Waals surface area contributed by atoms with Crippen molar-refractivity contribution in [2.45, 2.75) is 59.2 Å². The van der Waals surface area contributed by atoms with E-state index in [0.29, 0.717) is 12.1 Å². The first-order chi connectivity index (χ1) is 7.97. The van der Waals surface area contributed by atoms with Crippen LogP contribution in [0.1, 0.15) is 40.5 Å². The number of hydrogen-bond acceptors (Lipinski definition) is 2. The molecular weight excluding hydrogens is 210 g/mol. The summed E-state index contributed by atoms with van der Waals surface area (Å²) in [6, 6.07) is 1.13. The van der Waals surface area contributed by atoms with Crippen LogP contribution in [0.3, 0.4) is 0 Å². The lowest BCUT2D eigenvalue weighted by atomic mass is 9.86. The molecule has 1 aliphatic rings. The van der Waals surface area contributed by atoms with E-state index in [0.717, 1.165) is 12.5 Å². The summed E-state index contributed by atoms with van der Waals surface area (Å²) in [4.78, 5) is 4.12. The van der Waals surface area contributed by atoms with Gasteiger partial charge >= 0.3 is 0 Å². The summed E-state index contributed by atoms with van der Waals surface area (Å²) in [5, 5.41) is 3.81. The molecule has 3 heteroatoms. The molecule has 1 saturated carbocycles. The van der Waals surface area contributed by atoms with Crippen molar-refractivity contribution < 1.29 is 0 Å². The minimum atomic E-state index is 0.271. The second kappa shape index (κ2) is 4.81. The number of nitrogens with one attached hydrogen (secondary N) is 1. The van der Waals surface area contributed by atoms with Crippen LogP contribution in [-0.4, -0.2) is 21.6 Å². The van der Waals surface area contributed by atoms with E-state index >= 15 is 0 Å². The zero-order valence-corrected chi connectivity index (χ0v) is 11.5. The molecule has 1 aromatic rings. The highest BCUT2D eigenvalue weighted by Gasteiger charge is 2.32. The Hall–Kier alpha value is -0.830. The number of imidazole rings is 1. The number of aromatic nitrogens is 2. The van der Waals surface area contributed by atoms with Crippen molar-refractivity contribution in [3.05, 3.63) is 18.7 Å². The number of nitrogens with zero attached hydrogens (tertiary/aromatic N) is 2. The van der Waals surface area contributed by atoms with Crippen LogP contribution in [0.5, 0.6) is 0 Å². The fourth-order valence-corrected chi connectivity index (χ4v) is 2.23. The monoisotopic (exact) mass is 235 g/mol.